The quantitative estimate of drug-likeness (QED) is 0.0811. The summed E-state index contributed by atoms with van der Waals surface area (Å²) in [6, 6.07) is -4.00. The molecule has 0 bridgehead atoms. The number of ether oxygens (including phenoxy) is 4. The summed E-state index contributed by atoms with van der Waals surface area (Å²) >= 11 is 0. The molecular formula is C26H10BF34NO7. The van der Waals surface area contributed by atoms with E-state index in [0.717, 1.165) is 0 Å². The molecule has 1 rings (SSSR count). The van der Waals surface area contributed by atoms with Gasteiger partial charge in [-0.15, -0.1) is 0 Å². The van der Waals surface area contributed by atoms with E-state index in [1.807, 2.05) is 9.47 Å². The molecule has 0 aliphatic carbocycles. The van der Waals surface area contributed by atoms with Crippen LogP contribution in [0.4, 0.5) is 155 Å². The van der Waals surface area contributed by atoms with Gasteiger partial charge in [0.15, 0.2) is 0 Å². The zero-order valence-electron chi connectivity index (χ0n) is 30.7. The number of rotatable bonds is 17. The van der Waals surface area contributed by atoms with Crippen molar-refractivity contribution >= 4 is 24.2 Å². The van der Waals surface area contributed by atoms with Crippen LogP contribution in [0.5, 0.6) is 0 Å². The first-order chi connectivity index (χ1) is 29.6. The van der Waals surface area contributed by atoms with Gasteiger partial charge in [0.2, 0.25) is 0 Å². The molecule has 0 aromatic heterocycles. The Hall–Kier alpha value is -4.13. The molecule has 0 saturated heterocycles. The Balaban J connectivity index is 4.75. The minimum absolute atomic E-state index is 0.154. The number of nitrogens with one attached hydrogen (secondary N) is 1. The van der Waals surface area contributed by atoms with Crippen LogP contribution in [0.25, 0.3) is 0 Å². The van der Waals surface area contributed by atoms with E-state index in [0.29, 0.717) is 5.32 Å². The van der Waals surface area contributed by atoms with Crippen molar-refractivity contribution in [1.29, 1.82) is 0 Å². The molecular weight excluding hydrogens is 1100 g/mol. The van der Waals surface area contributed by atoms with Crippen molar-refractivity contribution in [3.05, 3.63) is 35.4 Å². The standard InChI is InChI=1S/C26H10BF34NO7/c1-5(2)10(63)62-8-4-6(11(28,17(36,37)38)66-25(58,59)15(34,21(48,49)50)68-23(54,55)13(30,31)19(42,43)44)3-7(27(64)65)9(8)12(29,18(39,40)41)67-26(60,61)16(35,22(51,52)53)69-24(56,57)14(32,33)20(45,46)47/h3-4,64-65H,1H2,2H3,(H,62,63). The lowest BCUT2D eigenvalue weighted by molar-refractivity contribution is -0.554. The van der Waals surface area contributed by atoms with E-state index in [2.05, 4.69) is 6.58 Å². The number of alkyl halides is 34. The van der Waals surface area contributed by atoms with E-state index in [1.165, 1.54) is 9.47 Å². The maximum atomic E-state index is 16.2. The number of amides is 1. The van der Waals surface area contributed by atoms with Gasteiger partial charge in [0, 0.05) is 16.7 Å². The smallest absolute Gasteiger partial charge is 0.423 e. The molecule has 0 aliphatic rings. The predicted molar refractivity (Wildman–Crippen MR) is 143 cm³/mol. The molecule has 0 fully saturated rings. The first-order valence-corrected chi connectivity index (χ1v) is 15.3. The molecule has 0 saturated carbocycles. The fourth-order valence-electron chi connectivity index (χ4n) is 4.13. The average molecular weight is 1110 g/mol. The highest BCUT2D eigenvalue weighted by atomic mass is 19.5. The van der Waals surface area contributed by atoms with E-state index in [9.17, 15) is 155 Å². The van der Waals surface area contributed by atoms with E-state index < -0.39 is 150 Å². The molecule has 1 aromatic carbocycles. The van der Waals surface area contributed by atoms with Gasteiger partial charge < -0.3 is 15.4 Å². The fourth-order valence-corrected chi connectivity index (χ4v) is 4.13. The first kappa shape index (κ1) is 62.9. The lowest BCUT2D eigenvalue weighted by Gasteiger charge is -2.42. The van der Waals surface area contributed by atoms with Crippen molar-refractivity contribution < 1.29 is 183 Å². The van der Waals surface area contributed by atoms with Crippen LogP contribution in [0.15, 0.2) is 24.3 Å². The first-order valence-electron chi connectivity index (χ1n) is 15.3. The third kappa shape index (κ3) is 10.9. The van der Waals surface area contributed by atoms with Gasteiger partial charge in [-0.1, -0.05) is 12.6 Å². The summed E-state index contributed by atoms with van der Waals surface area (Å²) in [6.45, 7) is 2.66. The molecule has 69 heavy (non-hydrogen) atoms. The van der Waals surface area contributed by atoms with E-state index in [4.69, 9.17) is 0 Å². The maximum Gasteiger partial charge on any atom is 0.489 e. The topological polar surface area (TPSA) is 106 Å². The van der Waals surface area contributed by atoms with Crippen molar-refractivity contribution in [2.24, 2.45) is 0 Å². The Bertz CT molecular complexity index is 2060. The number of halogens is 34. The second kappa shape index (κ2) is 17.6. The lowest BCUT2D eigenvalue weighted by Crippen LogP contribution is -2.67. The summed E-state index contributed by atoms with van der Waals surface area (Å²) in [5, 5.41) is 19.4. The normalized spacial score (nSPS) is 18.4. The largest absolute Gasteiger partial charge is 0.489 e. The van der Waals surface area contributed by atoms with Crippen LogP contribution in [-0.2, 0) is 35.5 Å². The number of carbonyl (C=O) groups is 1. The van der Waals surface area contributed by atoms with Crippen molar-refractivity contribution in [2.45, 2.75) is 104 Å². The van der Waals surface area contributed by atoms with Gasteiger partial charge in [0.1, 0.15) is 0 Å². The van der Waals surface area contributed by atoms with Gasteiger partial charge in [-0.3, -0.25) is 23.7 Å². The summed E-state index contributed by atoms with van der Waals surface area (Å²) < 4.78 is 476. The predicted octanol–water partition coefficient (Wildman–Crippen LogP) is 10.5. The number of anilines is 1. The highest BCUT2D eigenvalue weighted by Crippen LogP contribution is 2.61. The Kier molecular flexibility index (Phi) is 16.0. The monoisotopic (exact) mass is 1110 g/mol. The summed E-state index contributed by atoms with van der Waals surface area (Å²) in [4.78, 5) is 12.3. The number of carbonyl (C=O) groups excluding carboxylic acids is 1. The van der Waals surface area contributed by atoms with Gasteiger partial charge in [-0.25, -0.2) is 0 Å². The van der Waals surface area contributed by atoms with Crippen LogP contribution < -0.4 is 10.8 Å². The molecule has 43 heteroatoms. The minimum Gasteiger partial charge on any atom is -0.423 e. The highest BCUT2D eigenvalue weighted by Gasteiger charge is 2.87. The van der Waals surface area contributed by atoms with Gasteiger partial charge >= 0.3 is 104 Å². The number of benzene rings is 1. The second-order valence-corrected chi connectivity index (χ2v) is 12.6. The van der Waals surface area contributed by atoms with Crippen LogP contribution in [0.1, 0.15) is 18.1 Å². The SMILES string of the molecule is C=C(C)C(=O)Nc1cc(C(F)(OC(F)(F)C(F)(OC(F)(F)C(F)(F)C(F)(F)F)C(F)(F)F)C(F)(F)F)cc(B(O)O)c1C(F)(OC(F)(F)C(F)(OC(F)(F)C(F)(F)C(F)(F)F)C(F)(F)F)C(F)(F)F. The van der Waals surface area contributed by atoms with E-state index in [1.54, 1.807) is 0 Å². The summed E-state index contributed by atoms with van der Waals surface area (Å²) in [6.07, 6.45) is -84.2. The zero-order valence-corrected chi connectivity index (χ0v) is 30.7. The average Bonchev–Trinajstić information content (AvgIpc) is 3.06. The molecule has 4 unspecified atom stereocenters. The van der Waals surface area contributed by atoms with Gasteiger partial charge in [0.25, 0.3) is 5.91 Å². The molecule has 0 heterocycles. The molecule has 4 atom stereocenters. The molecule has 1 aromatic rings. The molecule has 0 spiro atoms. The van der Waals surface area contributed by atoms with Crippen LogP contribution in [0.2, 0.25) is 0 Å². The van der Waals surface area contributed by atoms with Crippen molar-refractivity contribution in [1.82, 2.24) is 0 Å². The highest BCUT2D eigenvalue weighted by molar-refractivity contribution is 6.59. The maximum absolute atomic E-state index is 16.2. The van der Waals surface area contributed by atoms with E-state index in [-0.39, 0.29) is 6.92 Å². The summed E-state index contributed by atoms with van der Waals surface area (Å²) in [5.74, 6) is -52.8. The van der Waals surface area contributed by atoms with Gasteiger partial charge in [-0.05, 0) is 18.5 Å². The lowest BCUT2D eigenvalue weighted by atomic mass is 9.73. The van der Waals surface area contributed by atoms with Crippen molar-refractivity contribution in [3.63, 3.8) is 0 Å². The van der Waals surface area contributed by atoms with Crippen LogP contribution in [0.3, 0.4) is 0 Å². The van der Waals surface area contributed by atoms with Gasteiger partial charge in [0.05, 0.1) is 5.69 Å². The second-order valence-electron chi connectivity index (χ2n) is 12.6. The Morgan fingerprint density at radius 3 is 1.01 bits per heavy atom. The fraction of sp³-hybridized carbons (Fsp3) is 0.654. The van der Waals surface area contributed by atoms with Crippen LogP contribution in [-0.4, -0.2) is 108 Å². The zero-order chi connectivity index (χ0) is 56.0. The molecule has 0 radical (unpaired) electrons. The van der Waals surface area contributed by atoms with Gasteiger partial charge in [-0.2, -0.15) is 149 Å². The van der Waals surface area contributed by atoms with Crippen molar-refractivity contribution in [2.75, 3.05) is 5.32 Å². The minimum atomic E-state index is -8.83. The number of hydrogen-bond acceptors (Lipinski definition) is 7. The third-order valence-electron chi connectivity index (χ3n) is 7.50. The molecule has 8 nitrogen and oxygen atoms in total. The Morgan fingerprint density at radius 1 is 0.464 bits per heavy atom. The van der Waals surface area contributed by atoms with E-state index >= 15 is 8.78 Å². The van der Waals surface area contributed by atoms with Crippen LogP contribution in [0, 0.1) is 0 Å². The summed E-state index contributed by atoms with van der Waals surface area (Å²) in [5.41, 5.74) is -16.9. The third-order valence-corrected chi connectivity index (χ3v) is 7.50. The summed E-state index contributed by atoms with van der Waals surface area (Å²) in [7, 11) is -4.89. The number of hydrogen-bond donors (Lipinski definition) is 3. The van der Waals surface area contributed by atoms with Crippen molar-refractivity contribution in [3.8, 4) is 0 Å². The molecule has 3 N–H and O–H groups in total. The Labute approximate surface area is 352 Å². The molecule has 402 valence electrons. The molecule has 1 amide bonds. The molecule has 0 aliphatic heterocycles. The van der Waals surface area contributed by atoms with Crippen LogP contribution >= 0.6 is 0 Å². The Morgan fingerprint density at radius 2 is 0.768 bits per heavy atom.